The zero-order valence-corrected chi connectivity index (χ0v) is 79.3. The Morgan fingerprint density at radius 3 is 0.674 bits per heavy atom. The van der Waals surface area contributed by atoms with E-state index in [1.807, 2.05) is 130 Å². The fourth-order valence-electron chi connectivity index (χ4n) is 13.6. The molecule has 0 amide bonds. The van der Waals surface area contributed by atoms with Gasteiger partial charge in [-0.2, -0.15) is 34.9 Å². The lowest BCUT2D eigenvalue weighted by molar-refractivity contribution is 0.432. The highest BCUT2D eigenvalue weighted by molar-refractivity contribution is 5.69. The van der Waals surface area contributed by atoms with E-state index in [0.29, 0.717) is 93.6 Å². The minimum Gasteiger partial charge on any atom is -0.384 e. The zero-order chi connectivity index (χ0) is 97.0. The molecule has 21 rings (SSSR count). The lowest BCUT2D eigenvalue weighted by Crippen LogP contribution is -1.90. The Morgan fingerprint density at radius 2 is 0.428 bits per heavy atom. The van der Waals surface area contributed by atoms with Crippen molar-refractivity contribution >= 4 is 11.6 Å². The molecule has 0 aliphatic carbocycles. The van der Waals surface area contributed by atoms with E-state index in [1.165, 1.54) is 77.9 Å². The summed E-state index contributed by atoms with van der Waals surface area (Å²) in [5, 5.41) is 28.1. The molecule has 138 heavy (non-hydrogen) atoms. The van der Waals surface area contributed by atoms with E-state index in [0.717, 1.165) is 94.6 Å². The number of hydrogen-bond donors (Lipinski definition) is 2. The van der Waals surface area contributed by atoms with Crippen LogP contribution < -0.4 is 11.5 Å². The minimum absolute atomic E-state index is 0.431. The van der Waals surface area contributed by atoms with Gasteiger partial charge < -0.3 is 43.1 Å². The highest BCUT2D eigenvalue weighted by Gasteiger charge is 2.21. The van der Waals surface area contributed by atoms with E-state index >= 15 is 0 Å². The van der Waals surface area contributed by atoms with Gasteiger partial charge in [0.15, 0.2) is 0 Å². The second-order valence-electron chi connectivity index (χ2n) is 33.2. The van der Waals surface area contributed by atoms with Gasteiger partial charge in [0.05, 0.1) is 0 Å². The van der Waals surface area contributed by atoms with Gasteiger partial charge in [-0.1, -0.05) is 78.6 Å². The number of benzene rings is 7. The van der Waals surface area contributed by atoms with E-state index in [4.69, 9.17) is 43.1 Å². The summed E-state index contributed by atoms with van der Waals surface area (Å²) >= 11 is 0. The molecule has 0 saturated carbocycles. The number of aromatic nitrogens is 21. The van der Waals surface area contributed by atoms with Crippen molar-refractivity contribution in [2.45, 2.75) is 118 Å². The number of aryl methyl sites for hydroxylation is 17. The average molecular weight is 1830 g/mol. The lowest BCUT2D eigenvalue weighted by atomic mass is 10.1. The number of hydrogen-bond acceptors (Lipinski definition) is 30. The molecule has 21 aromatic rings. The second-order valence-corrected chi connectivity index (χ2v) is 33.2. The van der Waals surface area contributed by atoms with Gasteiger partial charge in [-0.25, -0.2) is 9.97 Å². The Balaban J connectivity index is 0.000000122. The van der Waals surface area contributed by atoms with Crippen LogP contribution in [0.1, 0.15) is 94.6 Å². The van der Waals surface area contributed by atoms with Gasteiger partial charge >= 0.3 is 0 Å². The van der Waals surface area contributed by atoms with Crippen molar-refractivity contribution in [2.24, 2.45) is 0 Å². The van der Waals surface area contributed by atoms with E-state index in [9.17, 15) is 0 Å². The maximum atomic E-state index is 5.65. The number of anilines is 2. The van der Waals surface area contributed by atoms with Crippen LogP contribution in [0.4, 0.5) is 11.6 Å². The molecule has 4 N–H and O–H groups in total. The van der Waals surface area contributed by atoms with Crippen molar-refractivity contribution in [1.82, 2.24) is 106 Å². The standard InChI is InChI=1S/3C16H15N3O.2C15H14N4O.2C15H13N3O/c2*1-10-6-14(9-17-8-10)15-18-16(20-19-15)13-5-4-11(2)12(3)7-13;1-10-4-5-13(8-11(10)2)16-18-15(19-20-16)14-6-7-17-9-12(14)3;2*1-9-3-4-12(7-10(9)2)15-18-14(19-20-15)11-5-6-17-13(16)8-11;2*1-10-5-6-12(8-11(10)2)15-17-14(18-19-15)13-4-3-7-16-9-13/h3*4-9H,1-3H3;2*3-8H,1-2H3,(H2,16,17);2*3-9H,1-2H3. The van der Waals surface area contributed by atoms with E-state index < -0.39 is 0 Å². The third-order valence-electron chi connectivity index (χ3n) is 22.7. The zero-order valence-electron chi connectivity index (χ0n) is 79.3. The summed E-state index contributed by atoms with van der Waals surface area (Å²) in [6, 6.07) is 63.0. The molecule has 14 aromatic heterocycles. The molecule has 14 heterocycles. The molecule has 0 fully saturated rings. The molecule has 30 nitrogen and oxygen atoms in total. The van der Waals surface area contributed by atoms with Crippen LogP contribution >= 0.6 is 0 Å². The summed E-state index contributed by atoms with van der Waals surface area (Å²) in [5.41, 5.74) is 44.0. The quantitative estimate of drug-likeness (QED) is 0.102. The molecule has 0 spiro atoms. The molecule has 0 unspecified atom stereocenters. The fraction of sp³-hybridized carbons (Fsp3) is 0.157. The SMILES string of the molecule is Cc1ccc(-c2nc(-c3cccnc3)no2)cc1C.Cc1ccc(-c2nc(-c3cccnc3)no2)cc1C.Cc1ccc(-c2nc(-c3ccnc(N)c3)no2)cc1C.Cc1ccc(-c2nc(-c3ccnc(N)c3)no2)cc1C.Cc1ccc(-c2nc(-c3ccncc3C)no2)cc1C.Cc1cncc(-c2noc(-c3ccc(C)c(C)c3)n2)c1.Cc1cncc(-c2noc(-c3ccc(C)c(C)c3)n2)c1. The van der Waals surface area contributed by atoms with Crippen LogP contribution in [0.2, 0.25) is 0 Å². The highest BCUT2D eigenvalue weighted by atomic mass is 16.5. The first-order valence-corrected chi connectivity index (χ1v) is 44.0. The van der Waals surface area contributed by atoms with Crippen molar-refractivity contribution in [1.29, 1.82) is 0 Å². The van der Waals surface area contributed by atoms with Crippen LogP contribution in [0, 0.1) is 118 Å². The minimum atomic E-state index is 0.431. The van der Waals surface area contributed by atoms with Gasteiger partial charge in [0.1, 0.15) is 11.6 Å². The van der Waals surface area contributed by atoms with Crippen molar-refractivity contribution in [2.75, 3.05) is 11.5 Å². The maximum Gasteiger partial charge on any atom is 0.258 e. The molecular weight excluding hydrogens is 1730 g/mol. The molecule has 0 radical (unpaired) electrons. The molecule has 0 bridgehead atoms. The first kappa shape index (κ1) is 94.8. The van der Waals surface area contributed by atoms with E-state index in [-0.39, 0.29) is 0 Å². The molecule has 0 saturated heterocycles. The molecular formula is C108H99N23O7. The van der Waals surface area contributed by atoms with Crippen LogP contribution in [0.5, 0.6) is 0 Å². The van der Waals surface area contributed by atoms with Crippen LogP contribution in [0.15, 0.2) is 300 Å². The number of nitrogens with two attached hydrogens (primary N) is 2. The Morgan fingerprint density at radius 1 is 0.181 bits per heavy atom. The Labute approximate surface area is 796 Å². The molecule has 0 aliphatic heterocycles. The number of nitrogens with zero attached hydrogens (tertiary/aromatic N) is 21. The van der Waals surface area contributed by atoms with Crippen LogP contribution in [-0.2, 0) is 0 Å². The van der Waals surface area contributed by atoms with Crippen molar-refractivity contribution in [3.8, 4) is 160 Å². The summed E-state index contributed by atoms with van der Waals surface area (Å²) in [7, 11) is 0. The average Bonchev–Trinajstić information content (AvgIpc) is 1.71. The normalized spacial score (nSPS) is 10.7. The maximum absolute atomic E-state index is 5.65. The molecule has 30 heteroatoms. The first-order valence-electron chi connectivity index (χ1n) is 44.0. The number of pyridine rings is 7. The lowest BCUT2D eigenvalue weighted by Gasteiger charge is -2.00. The van der Waals surface area contributed by atoms with Crippen LogP contribution in [-0.4, -0.2) is 106 Å². The Hall–Kier alpha value is -17.8. The fourth-order valence-corrected chi connectivity index (χ4v) is 13.6. The summed E-state index contributed by atoms with van der Waals surface area (Å²) in [6.07, 6.45) is 20.7. The third-order valence-corrected chi connectivity index (χ3v) is 22.7. The van der Waals surface area contributed by atoms with Crippen molar-refractivity contribution in [3.63, 3.8) is 0 Å². The van der Waals surface area contributed by atoms with Gasteiger partial charge in [-0.05, 0) is 364 Å². The predicted octanol–water partition coefficient (Wildman–Crippen LogP) is 24.0. The summed E-state index contributed by atoms with van der Waals surface area (Å²) < 4.78 is 37.3. The first-order chi connectivity index (χ1) is 66.6. The van der Waals surface area contributed by atoms with E-state index in [2.05, 4.69) is 263 Å². The molecule has 0 atom stereocenters. The third kappa shape index (κ3) is 24.2. The number of rotatable bonds is 14. The number of nitrogen functional groups attached to an aromatic ring is 2. The van der Waals surface area contributed by atoms with Crippen molar-refractivity contribution in [3.05, 3.63) is 363 Å². The molecule has 7 aromatic carbocycles. The van der Waals surface area contributed by atoms with Gasteiger partial charge in [0.2, 0.25) is 40.8 Å². The molecule has 0 aliphatic rings. The highest BCUT2D eigenvalue weighted by Crippen LogP contribution is 2.33. The van der Waals surface area contributed by atoms with Gasteiger partial charge in [0.25, 0.3) is 41.2 Å². The Bertz CT molecular complexity index is 7120. The summed E-state index contributed by atoms with van der Waals surface area (Å²) in [6.45, 7) is 34.9. The van der Waals surface area contributed by atoms with Gasteiger partial charge in [0, 0.05) is 152 Å². The van der Waals surface area contributed by atoms with Gasteiger partial charge in [-0.3, -0.25) is 24.9 Å². The van der Waals surface area contributed by atoms with Crippen molar-refractivity contribution < 1.29 is 31.7 Å². The Kier molecular flexibility index (Phi) is 30.0. The molecule has 688 valence electrons. The largest absolute Gasteiger partial charge is 0.384 e. The predicted molar refractivity (Wildman–Crippen MR) is 530 cm³/mol. The van der Waals surface area contributed by atoms with E-state index in [1.54, 1.807) is 98.6 Å². The monoisotopic (exact) mass is 1830 g/mol. The van der Waals surface area contributed by atoms with Crippen LogP contribution in [0.3, 0.4) is 0 Å². The van der Waals surface area contributed by atoms with Gasteiger partial charge in [-0.15, -0.1) is 0 Å². The second kappa shape index (κ2) is 43.7. The van der Waals surface area contributed by atoms with Crippen LogP contribution in [0.25, 0.3) is 160 Å². The summed E-state index contributed by atoms with van der Waals surface area (Å²) in [5.74, 6) is 8.37. The topological polar surface area (TPSA) is 415 Å². The summed E-state index contributed by atoms with van der Waals surface area (Å²) in [4.78, 5) is 59.3. The smallest absolute Gasteiger partial charge is 0.258 e.